The first-order valence-electron chi connectivity index (χ1n) is 10.9. The third-order valence-electron chi connectivity index (χ3n) is 6.11. The van der Waals surface area contributed by atoms with Gasteiger partial charge in [0, 0.05) is 55.4 Å². The number of nitrogens with zero attached hydrogens (tertiary/aromatic N) is 3. The zero-order valence-electron chi connectivity index (χ0n) is 19.2. The average molecular weight is 452 g/mol. The second-order valence-electron chi connectivity index (χ2n) is 8.01. The van der Waals surface area contributed by atoms with Crippen molar-refractivity contribution < 1.29 is 23.8 Å². The van der Waals surface area contributed by atoms with Gasteiger partial charge in [0.15, 0.2) is 0 Å². The zero-order chi connectivity index (χ0) is 23.4. The van der Waals surface area contributed by atoms with Gasteiger partial charge in [-0.05, 0) is 24.3 Å². The normalized spacial score (nSPS) is 14.3. The van der Waals surface area contributed by atoms with Gasteiger partial charge in [-0.3, -0.25) is 9.69 Å². The highest BCUT2D eigenvalue weighted by molar-refractivity contribution is 6.04. The van der Waals surface area contributed by atoms with Gasteiger partial charge in [-0.2, -0.15) is 0 Å². The van der Waals surface area contributed by atoms with Crippen LogP contribution in [0.25, 0.3) is 10.9 Å². The summed E-state index contributed by atoms with van der Waals surface area (Å²) in [6, 6.07) is 13.3. The highest BCUT2D eigenvalue weighted by Gasteiger charge is 2.24. The fourth-order valence-corrected chi connectivity index (χ4v) is 4.30. The summed E-state index contributed by atoms with van der Waals surface area (Å²) in [6.07, 6.45) is 1.71. The molecular weight excluding hydrogens is 422 g/mol. The van der Waals surface area contributed by atoms with Gasteiger partial charge in [-0.15, -0.1) is 0 Å². The van der Waals surface area contributed by atoms with E-state index in [9.17, 15) is 9.59 Å². The summed E-state index contributed by atoms with van der Waals surface area (Å²) in [5, 5.41) is 0.786. The average Bonchev–Trinajstić information content (AvgIpc) is 3.22. The van der Waals surface area contributed by atoms with Crippen molar-refractivity contribution in [2.45, 2.75) is 13.1 Å². The molecule has 0 atom stereocenters. The molecule has 1 aromatic heterocycles. The third kappa shape index (κ3) is 4.80. The van der Waals surface area contributed by atoms with E-state index in [4.69, 9.17) is 14.2 Å². The Morgan fingerprint density at radius 1 is 0.939 bits per heavy atom. The standard InChI is InChI=1S/C25H29N3O5/c1-31-19-8-9-23(32-2)18(14-19)15-26-10-12-27(13-11-26)24(29)17-28-16-21(25(30)33-3)20-6-4-5-7-22(20)28/h4-9,14,16H,10-13,15,17H2,1-3H3. The largest absolute Gasteiger partial charge is 0.497 e. The number of hydrogen-bond donors (Lipinski definition) is 0. The number of aromatic nitrogens is 1. The molecule has 1 aliphatic rings. The topological polar surface area (TPSA) is 73.2 Å². The Labute approximate surface area is 193 Å². The number of amides is 1. The van der Waals surface area contributed by atoms with Gasteiger partial charge in [-0.25, -0.2) is 4.79 Å². The van der Waals surface area contributed by atoms with Crippen molar-refractivity contribution in [3.63, 3.8) is 0 Å². The highest BCUT2D eigenvalue weighted by atomic mass is 16.5. The third-order valence-corrected chi connectivity index (χ3v) is 6.11. The minimum Gasteiger partial charge on any atom is -0.497 e. The molecule has 2 aromatic carbocycles. The van der Waals surface area contributed by atoms with Crippen LogP contribution in [0.5, 0.6) is 11.5 Å². The van der Waals surface area contributed by atoms with Gasteiger partial charge in [0.25, 0.3) is 0 Å². The van der Waals surface area contributed by atoms with E-state index < -0.39 is 5.97 Å². The number of benzene rings is 2. The van der Waals surface area contributed by atoms with E-state index in [0.29, 0.717) is 18.7 Å². The fourth-order valence-electron chi connectivity index (χ4n) is 4.30. The Morgan fingerprint density at radius 3 is 2.39 bits per heavy atom. The van der Waals surface area contributed by atoms with Crippen molar-refractivity contribution in [1.82, 2.24) is 14.4 Å². The minimum atomic E-state index is -0.404. The molecule has 1 aliphatic heterocycles. The van der Waals surface area contributed by atoms with E-state index in [1.54, 1.807) is 20.4 Å². The molecule has 0 N–H and O–H groups in total. The number of rotatable bonds is 7. The second kappa shape index (κ2) is 9.95. The highest BCUT2D eigenvalue weighted by Crippen LogP contribution is 2.26. The maximum absolute atomic E-state index is 13.0. The van der Waals surface area contributed by atoms with Crippen molar-refractivity contribution in [3.8, 4) is 11.5 Å². The number of esters is 1. The molecule has 0 unspecified atom stereocenters. The van der Waals surface area contributed by atoms with E-state index >= 15 is 0 Å². The Balaban J connectivity index is 1.40. The van der Waals surface area contributed by atoms with E-state index in [-0.39, 0.29) is 12.5 Å². The van der Waals surface area contributed by atoms with E-state index in [1.165, 1.54) is 7.11 Å². The van der Waals surface area contributed by atoms with Gasteiger partial charge in [0.05, 0.1) is 26.9 Å². The summed E-state index contributed by atoms with van der Waals surface area (Å²) in [7, 11) is 4.68. The zero-order valence-corrected chi connectivity index (χ0v) is 19.2. The summed E-state index contributed by atoms with van der Waals surface area (Å²) < 4.78 is 17.6. The fraction of sp³-hybridized carbons (Fsp3) is 0.360. The van der Waals surface area contributed by atoms with Crippen LogP contribution in [0.4, 0.5) is 0 Å². The van der Waals surface area contributed by atoms with Crippen LogP contribution in [0.1, 0.15) is 15.9 Å². The van der Waals surface area contributed by atoms with Crippen LogP contribution in [0.2, 0.25) is 0 Å². The maximum Gasteiger partial charge on any atom is 0.340 e. The summed E-state index contributed by atoms with van der Waals surface area (Å²) in [6.45, 7) is 3.74. The molecule has 0 saturated carbocycles. The number of fused-ring (bicyclic) bond motifs is 1. The number of carbonyl (C=O) groups is 2. The van der Waals surface area contributed by atoms with Crippen LogP contribution in [-0.4, -0.2) is 73.8 Å². The number of carbonyl (C=O) groups excluding carboxylic acids is 2. The maximum atomic E-state index is 13.0. The van der Waals surface area contributed by atoms with Crippen LogP contribution < -0.4 is 9.47 Å². The summed E-state index contributed by atoms with van der Waals surface area (Å²) in [4.78, 5) is 29.4. The van der Waals surface area contributed by atoms with Gasteiger partial charge in [0.2, 0.25) is 5.91 Å². The van der Waals surface area contributed by atoms with E-state index in [2.05, 4.69) is 4.90 Å². The molecule has 0 spiro atoms. The molecule has 4 rings (SSSR count). The van der Waals surface area contributed by atoms with Crippen LogP contribution >= 0.6 is 0 Å². The summed E-state index contributed by atoms with van der Waals surface area (Å²) in [5.41, 5.74) is 2.37. The number of methoxy groups -OCH3 is 3. The minimum absolute atomic E-state index is 0.0331. The Morgan fingerprint density at radius 2 is 1.70 bits per heavy atom. The molecule has 174 valence electrons. The van der Waals surface area contributed by atoms with Crippen LogP contribution in [0.15, 0.2) is 48.7 Å². The lowest BCUT2D eigenvalue weighted by atomic mass is 10.1. The van der Waals surface area contributed by atoms with Gasteiger partial charge in [0.1, 0.15) is 18.0 Å². The first kappa shape index (κ1) is 22.7. The lowest BCUT2D eigenvalue weighted by molar-refractivity contribution is -0.133. The van der Waals surface area contributed by atoms with Crippen LogP contribution in [-0.2, 0) is 22.6 Å². The first-order valence-corrected chi connectivity index (χ1v) is 10.9. The van der Waals surface area contributed by atoms with Crippen molar-refractivity contribution in [2.24, 2.45) is 0 Å². The number of ether oxygens (including phenoxy) is 3. The Kier molecular flexibility index (Phi) is 6.84. The molecule has 0 aliphatic carbocycles. The van der Waals surface area contributed by atoms with Gasteiger partial charge in [-0.1, -0.05) is 18.2 Å². The molecule has 33 heavy (non-hydrogen) atoms. The van der Waals surface area contributed by atoms with Crippen molar-refractivity contribution in [2.75, 3.05) is 47.5 Å². The first-order chi connectivity index (χ1) is 16.0. The second-order valence-corrected chi connectivity index (χ2v) is 8.01. The Hall–Kier alpha value is -3.52. The molecule has 1 amide bonds. The van der Waals surface area contributed by atoms with Crippen molar-refractivity contribution in [3.05, 3.63) is 59.8 Å². The summed E-state index contributed by atoms with van der Waals surface area (Å²) >= 11 is 0. The van der Waals surface area contributed by atoms with Gasteiger partial charge < -0.3 is 23.7 Å². The smallest absolute Gasteiger partial charge is 0.340 e. The Bertz CT molecular complexity index is 1150. The van der Waals surface area contributed by atoms with Crippen LogP contribution in [0, 0.1) is 0 Å². The molecular formula is C25H29N3O5. The molecule has 8 heteroatoms. The molecule has 0 bridgehead atoms. The number of piperazine rings is 1. The molecule has 1 fully saturated rings. The molecule has 1 saturated heterocycles. The lowest BCUT2D eigenvalue weighted by Crippen LogP contribution is -2.49. The summed E-state index contributed by atoms with van der Waals surface area (Å²) in [5.74, 6) is 1.25. The lowest BCUT2D eigenvalue weighted by Gasteiger charge is -2.35. The predicted molar refractivity (Wildman–Crippen MR) is 125 cm³/mol. The SMILES string of the molecule is COC(=O)c1cn(CC(=O)N2CCN(Cc3cc(OC)ccc3OC)CC2)c2ccccc12. The van der Waals surface area contributed by atoms with Gasteiger partial charge >= 0.3 is 5.97 Å². The van der Waals surface area contributed by atoms with Crippen LogP contribution in [0.3, 0.4) is 0 Å². The molecule has 3 aromatic rings. The predicted octanol–water partition coefficient (Wildman–Crippen LogP) is 2.79. The van der Waals surface area contributed by atoms with Crippen molar-refractivity contribution >= 4 is 22.8 Å². The number of para-hydroxylation sites is 1. The molecule has 2 heterocycles. The molecule has 0 radical (unpaired) electrons. The van der Waals surface area contributed by atoms with E-state index in [1.807, 2.05) is 51.9 Å². The van der Waals surface area contributed by atoms with E-state index in [0.717, 1.165) is 47.6 Å². The molecule has 8 nitrogen and oxygen atoms in total. The monoisotopic (exact) mass is 451 g/mol. The number of hydrogen-bond acceptors (Lipinski definition) is 6. The van der Waals surface area contributed by atoms with Crippen molar-refractivity contribution in [1.29, 1.82) is 0 Å². The quantitative estimate of drug-likeness (QED) is 0.515.